The molecule has 0 fully saturated rings. The Balaban J connectivity index is 0. The first-order valence-electron chi connectivity index (χ1n) is 4.85. The summed E-state index contributed by atoms with van der Waals surface area (Å²) in [7, 11) is 0. The van der Waals surface area contributed by atoms with Crippen molar-refractivity contribution >= 4 is 11.7 Å². The van der Waals surface area contributed by atoms with Crippen LogP contribution in [0.15, 0.2) is 4.99 Å². The number of hydrogen-bond donors (Lipinski definition) is 3. The molecule has 0 amide bonds. The van der Waals surface area contributed by atoms with Gasteiger partial charge in [0.2, 0.25) is 0 Å². The normalized spacial score (nSPS) is 10.9. The summed E-state index contributed by atoms with van der Waals surface area (Å²) in [6, 6.07) is -0.376. The number of nitrogens with zero attached hydrogens (tertiary/aromatic N) is 1. The largest absolute Gasteiger partial charge is 0.370 e. The number of carbonyl (C=O) groups is 1. The molecule has 0 bridgehead atoms. The van der Waals surface area contributed by atoms with Gasteiger partial charge in [0.1, 0.15) is 5.78 Å². The Morgan fingerprint density at radius 1 is 1.36 bits per heavy atom. The molecule has 0 radical (unpaired) electrons. The first-order valence-corrected chi connectivity index (χ1v) is 4.85. The molecule has 0 saturated heterocycles. The van der Waals surface area contributed by atoms with Crippen LogP contribution in [0.2, 0.25) is 0 Å². The maximum absolute atomic E-state index is 10.7. The maximum atomic E-state index is 10.7. The van der Waals surface area contributed by atoms with Crippen LogP contribution in [-0.2, 0) is 4.79 Å². The molecular formula is C9H22N4O. The van der Waals surface area contributed by atoms with E-state index in [0.29, 0.717) is 13.0 Å². The van der Waals surface area contributed by atoms with Gasteiger partial charge in [0.25, 0.3) is 0 Å². The Morgan fingerprint density at radius 3 is 2.21 bits per heavy atom. The second-order valence-corrected chi connectivity index (χ2v) is 2.67. The number of aliphatic imine (C=N–C) groups is 1. The lowest BCUT2D eigenvalue weighted by Gasteiger charge is -2.04. The van der Waals surface area contributed by atoms with Crippen LogP contribution in [0.5, 0.6) is 0 Å². The fourth-order valence-electron chi connectivity index (χ4n) is 0.723. The topological polar surface area (TPSA) is 107 Å². The molecule has 6 N–H and O–H groups in total. The number of Topliss-reactive ketones (excluding diaryl/α,β-unsaturated/α-hetero) is 1. The molecule has 0 spiro atoms. The minimum Gasteiger partial charge on any atom is -0.370 e. The summed E-state index contributed by atoms with van der Waals surface area (Å²) in [5, 5.41) is 0. The van der Waals surface area contributed by atoms with E-state index in [9.17, 15) is 4.79 Å². The number of guanidine groups is 1. The Morgan fingerprint density at radius 2 is 1.86 bits per heavy atom. The lowest BCUT2D eigenvalue weighted by atomic mass is 10.1. The van der Waals surface area contributed by atoms with Crippen molar-refractivity contribution in [2.24, 2.45) is 22.2 Å². The Hall–Kier alpha value is -1.10. The van der Waals surface area contributed by atoms with Gasteiger partial charge in [-0.1, -0.05) is 13.8 Å². The van der Waals surface area contributed by atoms with Gasteiger partial charge in [-0.15, -0.1) is 0 Å². The van der Waals surface area contributed by atoms with Gasteiger partial charge in [-0.2, -0.15) is 0 Å². The maximum Gasteiger partial charge on any atom is 0.185 e. The minimum atomic E-state index is -0.376. The molecule has 5 heteroatoms. The highest BCUT2D eigenvalue weighted by Crippen LogP contribution is 1.95. The Bertz CT molecular complexity index is 176. The summed E-state index contributed by atoms with van der Waals surface area (Å²) in [4.78, 5) is 14.4. The van der Waals surface area contributed by atoms with E-state index in [-0.39, 0.29) is 17.8 Å². The molecule has 14 heavy (non-hydrogen) atoms. The van der Waals surface area contributed by atoms with Crippen molar-refractivity contribution in [3.63, 3.8) is 0 Å². The zero-order chi connectivity index (χ0) is 11.6. The molecular weight excluding hydrogens is 180 g/mol. The van der Waals surface area contributed by atoms with E-state index in [0.717, 1.165) is 6.42 Å². The van der Waals surface area contributed by atoms with Crippen molar-refractivity contribution < 1.29 is 4.79 Å². The van der Waals surface area contributed by atoms with E-state index in [1.165, 1.54) is 6.92 Å². The molecule has 0 rings (SSSR count). The lowest BCUT2D eigenvalue weighted by molar-refractivity contribution is -0.118. The monoisotopic (exact) mass is 202 g/mol. The lowest BCUT2D eigenvalue weighted by Crippen LogP contribution is -2.28. The van der Waals surface area contributed by atoms with E-state index < -0.39 is 0 Å². The van der Waals surface area contributed by atoms with Crippen LogP contribution in [-0.4, -0.2) is 24.3 Å². The molecule has 0 heterocycles. The summed E-state index contributed by atoms with van der Waals surface area (Å²) in [5.41, 5.74) is 15.7. The summed E-state index contributed by atoms with van der Waals surface area (Å²) in [6.07, 6.45) is 1.37. The molecule has 0 aromatic carbocycles. The molecule has 0 saturated carbocycles. The Labute approximate surface area is 85.7 Å². The van der Waals surface area contributed by atoms with Crippen molar-refractivity contribution in [1.29, 1.82) is 0 Å². The van der Waals surface area contributed by atoms with Gasteiger partial charge < -0.3 is 17.2 Å². The van der Waals surface area contributed by atoms with Gasteiger partial charge in [-0.25, -0.2) is 0 Å². The first-order chi connectivity index (χ1) is 6.54. The third kappa shape index (κ3) is 10.9. The molecule has 0 aliphatic rings. The minimum absolute atomic E-state index is 0.000278. The standard InChI is InChI=1S/C7H16N4O.C2H6/c1-5(12)6(8)3-2-4-11-7(9)10;1-2/h6H,2-4,8H2,1H3,(H4,9,10,11);1-2H3. The van der Waals surface area contributed by atoms with Crippen LogP contribution in [0, 0.1) is 0 Å². The van der Waals surface area contributed by atoms with Gasteiger partial charge in [-0.3, -0.25) is 9.79 Å². The third-order valence-corrected chi connectivity index (χ3v) is 1.49. The number of ketones is 1. The number of nitrogens with two attached hydrogens (primary N) is 3. The van der Waals surface area contributed by atoms with Crippen LogP contribution in [0.25, 0.3) is 0 Å². The van der Waals surface area contributed by atoms with E-state index in [1.807, 2.05) is 13.8 Å². The van der Waals surface area contributed by atoms with Crippen LogP contribution >= 0.6 is 0 Å². The predicted octanol–water partition coefficient (Wildman–Crippen LogP) is -0.0175. The van der Waals surface area contributed by atoms with E-state index in [1.54, 1.807) is 0 Å². The van der Waals surface area contributed by atoms with Gasteiger partial charge in [0.05, 0.1) is 6.04 Å². The SMILES string of the molecule is CC.CC(=O)C(N)CCCN=C(N)N. The predicted molar refractivity (Wildman–Crippen MR) is 59.9 cm³/mol. The number of hydrogen-bond acceptors (Lipinski definition) is 3. The van der Waals surface area contributed by atoms with E-state index >= 15 is 0 Å². The van der Waals surface area contributed by atoms with Gasteiger partial charge in [0.15, 0.2) is 5.96 Å². The fourth-order valence-corrected chi connectivity index (χ4v) is 0.723. The average Bonchev–Trinajstić information content (AvgIpc) is 2.15. The van der Waals surface area contributed by atoms with Gasteiger partial charge >= 0.3 is 0 Å². The number of carbonyl (C=O) groups excluding carboxylic acids is 1. The molecule has 0 aromatic heterocycles. The van der Waals surface area contributed by atoms with E-state index in [2.05, 4.69) is 4.99 Å². The van der Waals surface area contributed by atoms with Crippen molar-refractivity contribution in [1.82, 2.24) is 0 Å². The highest BCUT2D eigenvalue weighted by atomic mass is 16.1. The van der Waals surface area contributed by atoms with Crippen molar-refractivity contribution in [2.45, 2.75) is 39.7 Å². The molecule has 5 nitrogen and oxygen atoms in total. The summed E-state index contributed by atoms with van der Waals surface area (Å²) in [6.45, 7) is 6.01. The van der Waals surface area contributed by atoms with Crippen LogP contribution < -0.4 is 17.2 Å². The van der Waals surface area contributed by atoms with Crippen molar-refractivity contribution in [3.8, 4) is 0 Å². The zero-order valence-electron chi connectivity index (χ0n) is 9.29. The molecule has 0 aromatic rings. The summed E-state index contributed by atoms with van der Waals surface area (Å²) in [5.74, 6) is 0.0751. The average molecular weight is 202 g/mol. The van der Waals surface area contributed by atoms with Crippen LogP contribution in [0.3, 0.4) is 0 Å². The highest BCUT2D eigenvalue weighted by molar-refractivity contribution is 5.81. The molecule has 84 valence electrons. The smallest absolute Gasteiger partial charge is 0.185 e. The second-order valence-electron chi connectivity index (χ2n) is 2.67. The van der Waals surface area contributed by atoms with Crippen molar-refractivity contribution in [3.05, 3.63) is 0 Å². The summed E-state index contributed by atoms with van der Waals surface area (Å²) < 4.78 is 0. The van der Waals surface area contributed by atoms with E-state index in [4.69, 9.17) is 17.2 Å². The molecule has 1 atom stereocenters. The second kappa shape index (κ2) is 9.98. The van der Waals surface area contributed by atoms with Crippen LogP contribution in [0.4, 0.5) is 0 Å². The van der Waals surface area contributed by atoms with Gasteiger partial charge in [0, 0.05) is 6.54 Å². The zero-order valence-corrected chi connectivity index (χ0v) is 9.29. The fraction of sp³-hybridized carbons (Fsp3) is 0.778. The first kappa shape index (κ1) is 15.4. The van der Waals surface area contributed by atoms with Gasteiger partial charge in [-0.05, 0) is 19.8 Å². The summed E-state index contributed by atoms with van der Waals surface area (Å²) >= 11 is 0. The molecule has 1 unspecified atom stereocenters. The number of rotatable bonds is 5. The van der Waals surface area contributed by atoms with Crippen molar-refractivity contribution in [2.75, 3.05) is 6.54 Å². The third-order valence-electron chi connectivity index (χ3n) is 1.49. The quantitative estimate of drug-likeness (QED) is 0.331. The molecule has 0 aliphatic carbocycles. The Kier molecular flexibility index (Phi) is 11.0. The molecule has 0 aliphatic heterocycles. The van der Waals surface area contributed by atoms with Crippen LogP contribution in [0.1, 0.15) is 33.6 Å². The highest BCUT2D eigenvalue weighted by Gasteiger charge is 2.05.